The fraction of sp³-hybridized carbons (Fsp3) is 0.474. The largest absolute Gasteiger partial charge is 1.00 e. The van der Waals surface area contributed by atoms with Gasteiger partial charge in [-0.15, -0.1) is 0 Å². The quantitative estimate of drug-likeness (QED) is 0.472. The molecule has 1 fully saturated rings. The van der Waals surface area contributed by atoms with Crippen molar-refractivity contribution in [3.63, 3.8) is 0 Å². The van der Waals surface area contributed by atoms with E-state index < -0.39 is 35.5 Å². The maximum Gasteiger partial charge on any atom is 1.00 e. The summed E-state index contributed by atoms with van der Waals surface area (Å²) in [6.45, 7) is 5.42. The van der Waals surface area contributed by atoms with Crippen molar-refractivity contribution in [3.05, 3.63) is 47.4 Å². The van der Waals surface area contributed by atoms with Gasteiger partial charge in [0.1, 0.15) is 17.4 Å². The van der Waals surface area contributed by atoms with Crippen LogP contribution in [0.5, 0.6) is 0 Å². The van der Waals surface area contributed by atoms with E-state index in [0.717, 1.165) is 10.5 Å². The maximum absolute atomic E-state index is 12.4. The molecule has 0 saturated carbocycles. The molecule has 0 unspecified atom stereocenters. The molecule has 2 heterocycles. The second-order valence-corrected chi connectivity index (χ2v) is 7.55. The van der Waals surface area contributed by atoms with Gasteiger partial charge in [-0.3, -0.25) is 9.69 Å². The van der Waals surface area contributed by atoms with Crippen LogP contribution in [-0.4, -0.2) is 34.2 Å². The number of β-lactam (4-membered cyclic amide) rings is 1. The molecule has 7 heteroatoms. The van der Waals surface area contributed by atoms with Gasteiger partial charge in [0.05, 0.1) is 12.1 Å². The Labute approximate surface area is 175 Å². The molecule has 0 bridgehead atoms. The number of rotatable bonds is 5. The van der Waals surface area contributed by atoms with Crippen molar-refractivity contribution >= 4 is 11.9 Å². The van der Waals surface area contributed by atoms with Crippen molar-refractivity contribution in [1.29, 1.82) is 0 Å². The molecule has 3 atom stereocenters. The van der Waals surface area contributed by atoms with E-state index in [9.17, 15) is 19.8 Å². The van der Waals surface area contributed by atoms with E-state index in [0.29, 0.717) is 12.8 Å². The first-order valence-electron chi connectivity index (χ1n) is 8.39. The zero-order valence-electron chi connectivity index (χ0n) is 15.6. The molecule has 1 N–H and O–H groups in total. The number of aliphatic hydroxyl groups is 1. The van der Waals surface area contributed by atoms with Crippen LogP contribution in [0.2, 0.25) is 0 Å². The third-order valence-corrected chi connectivity index (χ3v) is 4.64. The Hall–Kier alpha value is -1.34. The molecule has 6 nitrogen and oxygen atoms in total. The third kappa shape index (κ3) is 3.69. The zero-order chi connectivity index (χ0) is 18.4. The topological polar surface area (TPSA) is 89.9 Å². The Bertz CT molecular complexity index is 725. The van der Waals surface area contributed by atoms with Crippen LogP contribution in [0.4, 0.5) is 0 Å². The fourth-order valence-electron chi connectivity index (χ4n) is 3.35. The van der Waals surface area contributed by atoms with Gasteiger partial charge in [-0.2, -0.15) is 0 Å². The summed E-state index contributed by atoms with van der Waals surface area (Å²) in [5.41, 5.74) is 0.280. The molecule has 1 amide bonds. The third-order valence-electron chi connectivity index (χ3n) is 4.64. The smallest absolute Gasteiger partial charge is 0.543 e. The van der Waals surface area contributed by atoms with Gasteiger partial charge in [0.2, 0.25) is 5.91 Å². The van der Waals surface area contributed by atoms with Crippen LogP contribution < -0.4 is 34.7 Å². The van der Waals surface area contributed by atoms with E-state index in [1.54, 1.807) is 0 Å². The molecule has 0 radical (unpaired) electrons. The minimum Gasteiger partial charge on any atom is -0.543 e. The summed E-state index contributed by atoms with van der Waals surface area (Å²) in [6, 6.07) is 9.68. The minimum absolute atomic E-state index is 0. The Balaban J connectivity index is 0.00000243. The molecule has 134 valence electrons. The number of carboxylic acid groups (broad SMARTS) is 1. The van der Waals surface area contributed by atoms with E-state index in [1.807, 2.05) is 51.1 Å². The SMILES string of the molecule is CC(C)(C)C1=C(C(=O)[O-])N2C(=O)[C@H]([C@@H](O)CCc3ccccc3)[C@H]2O1.[Na+]. The number of amides is 1. The van der Waals surface area contributed by atoms with Gasteiger partial charge in [0.25, 0.3) is 0 Å². The average Bonchev–Trinajstić information content (AvgIpc) is 2.89. The first kappa shape index (κ1) is 21.0. The second kappa shape index (κ2) is 7.72. The fourth-order valence-corrected chi connectivity index (χ4v) is 3.35. The van der Waals surface area contributed by atoms with Gasteiger partial charge < -0.3 is 19.7 Å². The number of nitrogens with zero attached hydrogens (tertiary/aromatic N) is 1. The summed E-state index contributed by atoms with van der Waals surface area (Å²) in [4.78, 5) is 25.0. The molecule has 2 aliphatic rings. The predicted molar refractivity (Wildman–Crippen MR) is 87.5 cm³/mol. The molecule has 1 aromatic rings. The van der Waals surface area contributed by atoms with Crippen LogP contribution in [-0.2, 0) is 20.7 Å². The number of aryl methyl sites for hydroxylation is 1. The summed E-state index contributed by atoms with van der Waals surface area (Å²) in [6.07, 6.45) is -0.623. The summed E-state index contributed by atoms with van der Waals surface area (Å²) in [7, 11) is 0. The number of benzene rings is 1. The normalized spacial score (nSPS) is 22.9. The van der Waals surface area contributed by atoms with Crippen LogP contribution in [0.3, 0.4) is 0 Å². The van der Waals surface area contributed by atoms with E-state index in [-0.39, 0.29) is 41.0 Å². The summed E-state index contributed by atoms with van der Waals surface area (Å²) < 4.78 is 5.76. The molecule has 1 saturated heterocycles. The number of fused-ring (bicyclic) bond motifs is 1. The molecule has 0 aromatic heterocycles. The van der Waals surface area contributed by atoms with Crippen LogP contribution in [0.15, 0.2) is 41.8 Å². The molecule has 0 spiro atoms. The summed E-state index contributed by atoms with van der Waals surface area (Å²) in [5, 5.41) is 21.9. The van der Waals surface area contributed by atoms with Gasteiger partial charge in [-0.05, 0) is 18.4 Å². The Morgan fingerprint density at radius 2 is 1.92 bits per heavy atom. The number of hydrogen-bond donors (Lipinski definition) is 1. The number of hydrogen-bond acceptors (Lipinski definition) is 5. The van der Waals surface area contributed by atoms with Crippen LogP contribution in [0.25, 0.3) is 0 Å². The summed E-state index contributed by atoms with van der Waals surface area (Å²) in [5.74, 6) is -2.39. The van der Waals surface area contributed by atoms with Crippen LogP contribution in [0, 0.1) is 11.3 Å². The monoisotopic (exact) mass is 367 g/mol. The van der Waals surface area contributed by atoms with Crippen molar-refractivity contribution in [1.82, 2.24) is 4.90 Å². The number of carbonyl (C=O) groups excluding carboxylic acids is 2. The van der Waals surface area contributed by atoms with E-state index in [1.165, 1.54) is 0 Å². The van der Waals surface area contributed by atoms with Gasteiger partial charge in [-0.1, -0.05) is 51.1 Å². The predicted octanol–water partition coefficient (Wildman–Crippen LogP) is -2.19. The van der Waals surface area contributed by atoms with Crippen molar-refractivity contribution in [2.45, 2.75) is 45.9 Å². The van der Waals surface area contributed by atoms with Crippen molar-refractivity contribution < 1.29 is 54.1 Å². The summed E-state index contributed by atoms with van der Waals surface area (Å²) >= 11 is 0. The maximum atomic E-state index is 12.4. The van der Waals surface area contributed by atoms with E-state index in [4.69, 9.17) is 4.74 Å². The Morgan fingerprint density at radius 1 is 1.31 bits per heavy atom. The average molecular weight is 367 g/mol. The number of allylic oxidation sites excluding steroid dienone is 1. The second-order valence-electron chi connectivity index (χ2n) is 7.55. The standard InChI is InChI=1S/C19H23NO5.Na/c1-19(2,3)15-14(18(23)24)20-16(22)13(17(20)25-15)12(21)10-9-11-7-5-4-6-8-11;/h4-8,12-13,17,21H,9-10H2,1-3H3,(H,23,24);/q;+1/p-1/t12-,13-,17+;/m0./s1. The molecule has 26 heavy (non-hydrogen) atoms. The van der Waals surface area contributed by atoms with Gasteiger partial charge >= 0.3 is 29.6 Å². The Morgan fingerprint density at radius 3 is 2.46 bits per heavy atom. The number of aliphatic carboxylic acids is 1. The first-order valence-corrected chi connectivity index (χ1v) is 8.39. The molecular formula is C19H22NNaO5. The molecule has 2 aliphatic heterocycles. The van der Waals surface area contributed by atoms with E-state index >= 15 is 0 Å². The van der Waals surface area contributed by atoms with Crippen LogP contribution >= 0.6 is 0 Å². The van der Waals surface area contributed by atoms with Gasteiger partial charge in [0, 0.05) is 5.41 Å². The molecule has 3 rings (SSSR count). The number of carbonyl (C=O) groups is 2. The number of carboxylic acids is 1. The molecule has 0 aliphatic carbocycles. The zero-order valence-corrected chi connectivity index (χ0v) is 17.6. The molecule has 1 aromatic carbocycles. The van der Waals surface area contributed by atoms with Crippen molar-refractivity contribution in [3.8, 4) is 0 Å². The van der Waals surface area contributed by atoms with E-state index in [2.05, 4.69) is 0 Å². The van der Waals surface area contributed by atoms with Crippen LogP contribution in [0.1, 0.15) is 32.8 Å². The first-order chi connectivity index (χ1) is 11.7. The van der Waals surface area contributed by atoms with Crippen molar-refractivity contribution in [2.75, 3.05) is 0 Å². The van der Waals surface area contributed by atoms with Gasteiger partial charge in [-0.25, -0.2) is 0 Å². The number of ether oxygens (including phenoxy) is 1. The van der Waals surface area contributed by atoms with Crippen molar-refractivity contribution in [2.24, 2.45) is 11.3 Å². The minimum atomic E-state index is -1.43. The Kier molecular flexibility index (Phi) is 6.23. The molecular weight excluding hydrogens is 345 g/mol. The number of aliphatic hydroxyl groups excluding tert-OH is 1. The van der Waals surface area contributed by atoms with Gasteiger partial charge in [0.15, 0.2) is 6.23 Å².